The average molecular weight is 312 g/mol. The maximum atomic E-state index is 13.6. The Kier molecular flexibility index (Phi) is 4.37. The van der Waals surface area contributed by atoms with Gasteiger partial charge in [0.25, 0.3) is 5.91 Å². The Morgan fingerprint density at radius 1 is 1.17 bits per heavy atom. The fraction of sp³-hybridized carbons (Fsp3) is 0.222. The van der Waals surface area contributed by atoms with Crippen molar-refractivity contribution in [1.82, 2.24) is 5.32 Å². The molecule has 2 aromatic carbocycles. The predicted octanol–water partition coefficient (Wildman–Crippen LogP) is 2.88. The summed E-state index contributed by atoms with van der Waals surface area (Å²) in [5, 5.41) is 2.70. The highest BCUT2D eigenvalue weighted by molar-refractivity contribution is 5.99. The zero-order valence-electron chi connectivity index (χ0n) is 12.6. The van der Waals surface area contributed by atoms with Crippen molar-refractivity contribution < 1.29 is 14.0 Å². The van der Waals surface area contributed by atoms with E-state index in [1.54, 1.807) is 41.3 Å². The van der Waals surface area contributed by atoms with Crippen LogP contribution in [0.2, 0.25) is 0 Å². The van der Waals surface area contributed by atoms with Gasteiger partial charge in [0, 0.05) is 36.3 Å². The van der Waals surface area contributed by atoms with E-state index in [0.29, 0.717) is 24.1 Å². The first kappa shape index (κ1) is 15.2. The minimum absolute atomic E-state index is 0.0777. The summed E-state index contributed by atoms with van der Waals surface area (Å²) >= 11 is 0. The van der Waals surface area contributed by atoms with Gasteiger partial charge < -0.3 is 10.2 Å². The largest absolute Gasteiger partial charge is 0.348 e. The van der Waals surface area contributed by atoms with Crippen LogP contribution in [0.25, 0.3) is 0 Å². The van der Waals surface area contributed by atoms with Gasteiger partial charge >= 0.3 is 0 Å². The van der Waals surface area contributed by atoms with Crippen LogP contribution < -0.4 is 10.2 Å². The lowest BCUT2D eigenvalue weighted by Crippen LogP contribution is -2.26. The molecule has 0 atom stereocenters. The number of benzene rings is 2. The third-order valence-corrected chi connectivity index (χ3v) is 3.89. The van der Waals surface area contributed by atoms with Gasteiger partial charge in [0.15, 0.2) is 0 Å². The van der Waals surface area contributed by atoms with Gasteiger partial charge in [-0.2, -0.15) is 0 Å². The number of anilines is 1. The lowest BCUT2D eigenvalue weighted by molar-refractivity contribution is -0.117. The summed E-state index contributed by atoms with van der Waals surface area (Å²) in [5.74, 6) is -0.556. The highest BCUT2D eigenvalue weighted by Gasteiger charge is 2.22. The molecule has 118 valence electrons. The maximum absolute atomic E-state index is 13.6. The number of halogens is 1. The quantitative estimate of drug-likeness (QED) is 0.944. The topological polar surface area (TPSA) is 49.4 Å². The minimum atomic E-state index is -0.343. The molecule has 2 aromatic rings. The molecule has 1 aliphatic rings. The molecule has 1 heterocycles. The zero-order valence-corrected chi connectivity index (χ0v) is 12.6. The second-order valence-corrected chi connectivity index (χ2v) is 5.47. The first-order valence-electron chi connectivity index (χ1n) is 7.57. The Morgan fingerprint density at radius 3 is 2.74 bits per heavy atom. The SMILES string of the molecule is O=C(NCc1ccccc1F)c1cccc(N2CCCC2=O)c1. The smallest absolute Gasteiger partial charge is 0.251 e. The van der Waals surface area contributed by atoms with Crippen molar-refractivity contribution in [3.63, 3.8) is 0 Å². The Bertz CT molecular complexity index is 745. The van der Waals surface area contributed by atoms with Gasteiger partial charge in [-0.25, -0.2) is 4.39 Å². The number of carbonyl (C=O) groups excluding carboxylic acids is 2. The van der Waals surface area contributed by atoms with E-state index in [1.165, 1.54) is 6.07 Å². The Labute approximate surface area is 133 Å². The molecule has 0 spiro atoms. The van der Waals surface area contributed by atoms with E-state index in [4.69, 9.17) is 0 Å². The molecule has 1 aliphatic heterocycles. The van der Waals surface area contributed by atoms with Gasteiger partial charge in [-0.3, -0.25) is 9.59 Å². The Hall–Kier alpha value is -2.69. The van der Waals surface area contributed by atoms with Crippen molar-refractivity contribution in [3.05, 3.63) is 65.5 Å². The summed E-state index contributed by atoms with van der Waals surface area (Å²) in [6, 6.07) is 13.3. The number of hydrogen-bond donors (Lipinski definition) is 1. The predicted molar refractivity (Wildman–Crippen MR) is 85.6 cm³/mol. The molecule has 23 heavy (non-hydrogen) atoms. The molecule has 1 fully saturated rings. The third kappa shape index (κ3) is 3.39. The van der Waals surface area contributed by atoms with E-state index in [-0.39, 0.29) is 24.2 Å². The number of hydrogen-bond acceptors (Lipinski definition) is 2. The van der Waals surface area contributed by atoms with Gasteiger partial charge in [0.1, 0.15) is 5.82 Å². The molecule has 0 unspecified atom stereocenters. The average Bonchev–Trinajstić information content (AvgIpc) is 3.00. The number of rotatable bonds is 4. The molecular weight excluding hydrogens is 295 g/mol. The van der Waals surface area contributed by atoms with Gasteiger partial charge in [-0.05, 0) is 30.7 Å². The van der Waals surface area contributed by atoms with Gasteiger partial charge in [-0.15, -0.1) is 0 Å². The maximum Gasteiger partial charge on any atom is 0.251 e. The van der Waals surface area contributed by atoms with Crippen LogP contribution in [0.4, 0.5) is 10.1 Å². The second kappa shape index (κ2) is 6.60. The lowest BCUT2D eigenvalue weighted by Gasteiger charge is -2.16. The van der Waals surface area contributed by atoms with Crippen LogP contribution in [0.5, 0.6) is 0 Å². The van der Waals surface area contributed by atoms with E-state index in [2.05, 4.69) is 5.32 Å². The van der Waals surface area contributed by atoms with Crippen molar-refractivity contribution in [2.75, 3.05) is 11.4 Å². The number of nitrogens with zero attached hydrogens (tertiary/aromatic N) is 1. The summed E-state index contributed by atoms with van der Waals surface area (Å²) in [6.07, 6.45) is 1.38. The molecule has 1 saturated heterocycles. The third-order valence-electron chi connectivity index (χ3n) is 3.89. The highest BCUT2D eigenvalue weighted by Crippen LogP contribution is 2.22. The molecule has 0 aliphatic carbocycles. The number of amides is 2. The molecular formula is C18H17FN2O2. The van der Waals surface area contributed by atoms with Gasteiger partial charge in [0.2, 0.25) is 5.91 Å². The summed E-state index contributed by atoms with van der Waals surface area (Å²) in [6.45, 7) is 0.803. The minimum Gasteiger partial charge on any atom is -0.348 e. The molecule has 2 amide bonds. The van der Waals surface area contributed by atoms with Crippen LogP contribution in [0.3, 0.4) is 0 Å². The molecule has 0 bridgehead atoms. The molecule has 1 N–H and O–H groups in total. The summed E-state index contributed by atoms with van der Waals surface area (Å²) in [4.78, 5) is 25.7. The van der Waals surface area contributed by atoms with E-state index < -0.39 is 0 Å². The van der Waals surface area contributed by atoms with E-state index in [1.807, 2.05) is 6.07 Å². The first-order valence-corrected chi connectivity index (χ1v) is 7.57. The Balaban J connectivity index is 1.70. The van der Waals surface area contributed by atoms with E-state index >= 15 is 0 Å². The number of carbonyl (C=O) groups is 2. The van der Waals surface area contributed by atoms with E-state index in [9.17, 15) is 14.0 Å². The molecule has 0 radical (unpaired) electrons. The van der Waals surface area contributed by atoms with Crippen molar-refractivity contribution in [2.45, 2.75) is 19.4 Å². The monoisotopic (exact) mass is 312 g/mol. The van der Waals surface area contributed by atoms with Crippen molar-refractivity contribution >= 4 is 17.5 Å². The van der Waals surface area contributed by atoms with Crippen LogP contribution in [-0.4, -0.2) is 18.4 Å². The van der Waals surface area contributed by atoms with Gasteiger partial charge in [0.05, 0.1) is 0 Å². The summed E-state index contributed by atoms with van der Waals surface area (Å²) < 4.78 is 13.6. The molecule has 0 aromatic heterocycles. The normalized spacial score (nSPS) is 14.1. The zero-order chi connectivity index (χ0) is 16.2. The summed E-state index contributed by atoms with van der Waals surface area (Å²) in [5.41, 5.74) is 1.62. The number of nitrogens with one attached hydrogen (secondary N) is 1. The van der Waals surface area contributed by atoms with Gasteiger partial charge in [-0.1, -0.05) is 24.3 Å². The molecule has 4 nitrogen and oxygen atoms in total. The van der Waals surface area contributed by atoms with Crippen LogP contribution in [0.15, 0.2) is 48.5 Å². The van der Waals surface area contributed by atoms with Crippen LogP contribution in [0.1, 0.15) is 28.8 Å². The second-order valence-electron chi connectivity index (χ2n) is 5.47. The molecule has 3 rings (SSSR count). The lowest BCUT2D eigenvalue weighted by atomic mass is 10.1. The standard InChI is InChI=1S/C18H17FN2O2/c19-16-8-2-1-5-14(16)12-20-18(23)13-6-3-7-15(11-13)21-10-4-9-17(21)22/h1-3,5-8,11H,4,9-10,12H2,(H,20,23). The molecule has 5 heteroatoms. The van der Waals surface area contributed by atoms with Crippen LogP contribution in [0, 0.1) is 5.82 Å². The van der Waals surface area contributed by atoms with Crippen molar-refractivity contribution in [2.24, 2.45) is 0 Å². The fourth-order valence-electron chi connectivity index (χ4n) is 2.66. The molecule has 0 saturated carbocycles. The van der Waals surface area contributed by atoms with Crippen LogP contribution >= 0.6 is 0 Å². The van der Waals surface area contributed by atoms with Crippen LogP contribution in [-0.2, 0) is 11.3 Å². The fourth-order valence-corrected chi connectivity index (χ4v) is 2.66. The van der Waals surface area contributed by atoms with E-state index in [0.717, 1.165) is 12.1 Å². The first-order chi connectivity index (χ1) is 11.1. The van der Waals surface area contributed by atoms with Crippen molar-refractivity contribution in [3.8, 4) is 0 Å². The Morgan fingerprint density at radius 2 is 2.00 bits per heavy atom. The summed E-state index contributed by atoms with van der Waals surface area (Å²) in [7, 11) is 0. The van der Waals surface area contributed by atoms with Crippen molar-refractivity contribution in [1.29, 1.82) is 0 Å². The highest BCUT2D eigenvalue weighted by atomic mass is 19.1.